The lowest BCUT2D eigenvalue weighted by Gasteiger charge is -2.29. The van der Waals surface area contributed by atoms with Crippen LogP contribution < -0.4 is 0 Å². The minimum atomic E-state index is 0.635. The van der Waals surface area contributed by atoms with Gasteiger partial charge >= 0.3 is 0 Å². The number of likely N-dealkylation sites (tertiary alicyclic amines) is 1. The second kappa shape index (κ2) is 6.37. The van der Waals surface area contributed by atoms with Crippen LogP contribution >= 0.6 is 11.6 Å². The van der Waals surface area contributed by atoms with Crippen LogP contribution in [0, 0.1) is 12.8 Å². The van der Waals surface area contributed by atoms with Crippen LogP contribution in [0.3, 0.4) is 0 Å². The molecule has 0 aliphatic carbocycles. The van der Waals surface area contributed by atoms with Crippen molar-refractivity contribution >= 4 is 22.6 Å². The molecule has 0 N–H and O–H groups in total. The molecule has 1 fully saturated rings. The van der Waals surface area contributed by atoms with Crippen molar-refractivity contribution in [1.29, 1.82) is 0 Å². The first kappa shape index (κ1) is 14.9. The fourth-order valence-electron chi connectivity index (χ4n) is 3.32. The highest BCUT2D eigenvalue weighted by atomic mass is 35.5. The summed E-state index contributed by atoms with van der Waals surface area (Å²) in [5.74, 6) is 2.54. The molecule has 0 radical (unpaired) electrons. The van der Waals surface area contributed by atoms with Crippen LogP contribution in [0.5, 0.6) is 0 Å². The molecule has 0 atom stereocenters. The Morgan fingerprint density at radius 2 is 2.05 bits per heavy atom. The van der Waals surface area contributed by atoms with Gasteiger partial charge in [0.25, 0.3) is 0 Å². The van der Waals surface area contributed by atoms with Gasteiger partial charge in [-0.3, -0.25) is 0 Å². The summed E-state index contributed by atoms with van der Waals surface area (Å²) in [6, 6.07) is 6.47. The van der Waals surface area contributed by atoms with Crippen molar-refractivity contribution in [3.05, 3.63) is 29.6 Å². The van der Waals surface area contributed by atoms with E-state index in [0.717, 1.165) is 30.2 Å². The normalized spacial score (nSPS) is 17.7. The summed E-state index contributed by atoms with van der Waals surface area (Å²) in [4.78, 5) is 7.27. The smallest absolute Gasteiger partial charge is 0.111 e. The molecule has 1 saturated heterocycles. The Bertz CT molecular complexity index is 612. The summed E-state index contributed by atoms with van der Waals surface area (Å²) in [6.45, 7) is 5.64. The van der Waals surface area contributed by atoms with Gasteiger partial charge in [-0.05, 0) is 57.5 Å². The summed E-state index contributed by atoms with van der Waals surface area (Å²) in [6.07, 6.45) is 3.41. The van der Waals surface area contributed by atoms with Gasteiger partial charge in [-0.15, -0.1) is 11.6 Å². The lowest BCUT2D eigenvalue weighted by atomic mass is 9.97. The first-order valence-electron chi connectivity index (χ1n) is 7.88. The van der Waals surface area contributed by atoms with Crippen LogP contribution in [0.1, 0.15) is 24.2 Å². The second-order valence-corrected chi connectivity index (χ2v) is 6.64. The maximum Gasteiger partial charge on any atom is 0.111 e. The van der Waals surface area contributed by atoms with Gasteiger partial charge in [0.2, 0.25) is 0 Å². The van der Waals surface area contributed by atoms with E-state index in [1.165, 1.54) is 37.0 Å². The van der Waals surface area contributed by atoms with Crippen LogP contribution in [0.2, 0.25) is 0 Å². The van der Waals surface area contributed by atoms with E-state index >= 15 is 0 Å². The number of hydrogen-bond donors (Lipinski definition) is 0. The van der Waals surface area contributed by atoms with E-state index in [-0.39, 0.29) is 0 Å². The Labute approximate surface area is 131 Å². The zero-order valence-corrected chi connectivity index (χ0v) is 13.7. The molecule has 4 heteroatoms. The molecule has 0 amide bonds. The van der Waals surface area contributed by atoms with Crippen LogP contribution in [-0.4, -0.2) is 40.5 Å². The third kappa shape index (κ3) is 3.09. The van der Waals surface area contributed by atoms with E-state index in [2.05, 4.69) is 41.6 Å². The molecule has 2 heterocycles. The molecule has 3 rings (SSSR count). The van der Waals surface area contributed by atoms with Gasteiger partial charge < -0.3 is 9.47 Å². The van der Waals surface area contributed by atoms with E-state index in [0.29, 0.717) is 5.88 Å². The minimum Gasteiger partial charge on any atom is -0.328 e. The predicted molar refractivity (Wildman–Crippen MR) is 89.1 cm³/mol. The quantitative estimate of drug-likeness (QED) is 0.807. The molecular weight excluding hydrogens is 282 g/mol. The summed E-state index contributed by atoms with van der Waals surface area (Å²) >= 11 is 5.98. The number of nitrogens with zero attached hydrogens (tertiary/aromatic N) is 3. The van der Waals surface area contributed by atoms with Gasteiger partial charge in [0.1, 0.15) is 5.82 Å². The number of para-hydroxylation sites is 1. The molecule has 1 aromatic carbocycles. The number of aromatic nitrogens is 2. The number of piperidine rings is 1. The predicted octanol–water partition coefficient (Wildman–Crippen LogP) is 3.47. The largest absolute Gasteiger partial charge is 0.328 e. The number of imidazole rings is 1. The Morgan fingerprint density at radius 3 is 2.76 bits per heavy atom. The van der Waals surface area contributed by atoms with Crippen molar-refractivity contribution in [2.24, 2.45) is 5.92 Å². The van der Waals surface area contributed by atoms with Crippen molar-refractivity contribution < 1.29 is 0 Å². The van der Waals surface area contributed by atoms with Gasteiger partial charge in [0.05, 0.1) is 11.0 Å². The molecule has 0 spiro atoms. The molecule has 3 nitrogen and oxygen atoms in total. The summed E-state index contributed by atoms with van der Waals surface area (Å²) in [7, 11) is 2.21. The summed E-state index contributed by atoms with van der Waals surface area (Å²) in [5, 5.41) is 0. The topological polar surface area (TPSA) is 21.1 Å². The maximum absolute atomic E-state index is 5.98. The third-order valence-electron chi connectivity index (χ3n) is 4.66. The van der Waals surface area contributed by atoms with Crippen molar-refractivity contribution in [3.63, 3.8) is 0 Å². The van der Waals surface area contributed by atoms with Crippen LogP contribution in [0.25, 0.3) is 11.0 Å². The monoisotopic (exact) mass is 305 g/mol. The number of hydrogen-bond acceptors (Lipinski definition) is 2. The average molecular weight is 306 g/mol. The number of benzene rings is 1. The van der Waals surface area contributed by atoms with E-state index in [1.807, 2.05) is 0 Å². The number of aryl methyl sites for hydroxylation is 2. The van der Waals surface area contributed by atoms with Gasteiger partial charge in [0, 0.05) is 18.8 Å². The Kier molecular flexibility index (Phi) is 4.51. The lowest BCUT2D eigenvalue weighted by Crippen LogP contribution is -2.32. The van der Waals surface area contributed by atoms with E-state index in [4.69, 9.17) is 16.6 Å². The minimum absolute atomic E-state index is 0.635. The van der Waals surface area contributed by atoms with E-state index < -0.39 is 0 Å². The first-order valence-corrected chi connectivity index (χ1v) is 8.41. The summed E-state index contributed by atoms with van der Waals surface area (Å²) in [5.41, 5.74) is 3.67. The van der Waals surface area contributed by atoms with E-state index in [1.54, 1.807) is 0 Å². The number of fused-ring (bicyclic) bond motifs is 1. The Balaban J connectivity index is 1.92. The number of alkyl halides is 1. The molecule has 1 aliphatic heterocycles. The molecule has 1 aliphatic rings. The zero-order valence-electron chi connectivity index (χ0n) is 13.0. The Hall–Kier alpha value is -1.06. The fraction of sp³-hybridized carbons (Fsp3) is 0.588. The molecule has 2 aromatic rings. The highest BCUT2D eigenvalue weighted by molar-refractivity contribution is 6.17. The maximum atomic E-state index is 5.98. The molecule has 0 saturated carbocycles. The molecule has 0 unspecified atom stereocenters. The molecular formula is C17H24ClN3. The number of rotatable bonds is 4. The van der Waals surface area contributed by atoms with Crippen molar-refractivity contribution in [2.45, 2.75) is 32.7 Å². The van der Waals surface area contributed by atoms with Gasteiger partial charge in [-0.25, -0.2) is 4.98 Å². The highest BCUT2D eigenvalue weighted by Gasteiger charge is 2.20. The third-order valence-corrected chi connectivity index (χ3v) is 4.85. The van der Waals surface area contributed by atoms with Crippen molar-refractivity contribution in [1.82, 2.24) is 14.5 Å². The number of halogens is 1. The molecule has 21 heavy (non-hydrogen) atoms. The molecule has 114 valence electrons. The fourth-order valence-corrected chi connectivity index (χ4v) is 3.49. The van der Waals surface area contributed by atoms with Gasteiger partial charge in [-0.1, -0.05) is 12.1 Å². The van der Waals surface area contributed by atoms with Gasteiger partial charge in [-0.2, -0.15) is 0 Å². The SMILES string of the molecule is Cc1cccc2c1nc(CCCl)n2CC1CCN(C)CC1. The van der Waals surface area contributed by atoms with Crippen molar-refractivity contribution in [3.8, 4) is 0 Å². The molecule has 1 aromatic heterocycles. The van der Waals surface area contributed by atoms with E-state index in [9.17, 15) is 0 Å². The molecule has 0 bridgehead atoms. The van der Waals surface area contributed by atoms with Crippen LogP contribution in [0.15, 0.2) is 18.2 Å². The van der Waals surface area contributed by atoms with Gasteiger partial charge in [0.15, 0.2) is 0 Å². The highest BCUT2D eigenvalue weighted by Crippen LogP contribution is 2.25. The second-order valence-electron chi connectivity index (χ2n) is 6.27. The zero-order chi connectivity index (χ0) is 14.8. The van der Waals surface area contributed by atoms with Crippen LogP contribution in [0.4, 0.5) is 0 Å². The van der Waals surface area contributed by atoms with Crippen molar-refractivity contribution in [2.75, 3.05) is 26.0 Å². The van der Waals surface area contributed by atoms with Crippen LogP contribution in [-0.2, 0) is 13.0 Å². The standard InChI is InChI=1S/C17H24ClN3/c1-13-4-3-5-15-17(13)19-16(6-9-18)21(15)12-14-7-10-20(2)11-8-14/h3-5,14H,6-12H2,1-2H3. The summed E-state index contributed by atoms with van der Waals surface area (Å²) < 4.78 is 2.42. The lowest BCUT2D eigenvalue weighted by molar-refractivity contribution is 0.205. The average Bonchev–Trinajstić information content (AvgIpc) is 2.82. The Morgan fingerprint density at radius 1 is 1.29 bits per heavy atom. The first-order chi connectivity index (χ1) is 10.2.